The molecule has 2 N–H and O–H groups in total. The molecule has 0 aromatic heterocycles. The molecular weight excluding hydrogens is 857 g/mol. The number of rotatable bonds is 39. The van der Waals surface area contributed by atoms with E-state index >= 15 is 0 Å². The number of hydrogen-bond acceptors (Lipinski definition) is 10. The van der Waals surface area contributed by atoms with Gasteiger partial charge in [-0.25, -0.2) is 0 Å². The van der Waals surface area contributed by atoms with E-state index in [1.807, 2.05) is 133 Å². The van der Waals surface area contributed by atoms with Crippen molar-refractivity contribution in [2.45, 2.75) is 172 Å². The van der Waals surface area contributed by atoms with Gasteiger partial charge in [-0.3, -0.25) is 4.79 Å². The Labute approximate surface area is 408 Å². The van der Waals surface area contributed by atoms with E-state index < -0.39 is 36.6 Å². The molecule has 0 bridgehead atoms. The van der Waals surface area contributed by atoms with Gasteiger partial charge in [0.25, 0.3) is 0 Å². The number of methoxy groups -OCH3 is 2. The van der Waals surface area contributed by atoms with Gasteiger partial charge in [-0.15, -0.1) is 0 Å². The van der Waals surface area contributed by atoms with E-state index in [1.54, 1.807) is 14.2 Å². The summed E-state index contributed by atoms with van der Waals surface area (Å²) in [5.41, 5.74) is 3.87. The third kappa shape index (κ3) is 23.4. The van der Waals surface area contributed by atoms with Gasteiger partial charge < -0.3 is 43.4 Å². The van der Waals surface area contributed by atoms with Crippen molar-refractivity contribution in [1.29, 1.82) is 0 Å². The molecule has 0 fully saturated rings. The van der Waals surface area contributed by atoms with Crippen LogP contribution in [0.1, 0.15) is 125 Å². The number of aliphatic hydroxyl groups is 2. The second-order valence-corrected chi connectivity index (χ2v) is 17.7. The summed E-state index contributed by atoms with van der Waals surface area (Å²) in [5.74, 6) is -0.277. The predicted molar refractivity (Wildman–Crippen MR) is 270 cm³/mol. The van der Waals surface area contributed by atoms with Gasteiger partial charge in [0.15, 0.2) is 0 Å². The van der Waals surface area contributed by atoms with E-state index in [0.717, 1.165) is 80.0 Å². The third-order valence-electron chi connectivity index (χ3n) is 12.2. The van der Waals surface area contributed by atoms with E-state index in [0.29, 0.717) is 6.42 Å². The summed E-state index contributed by atoms with van der Waals surface area (Å²) in [4.78, 5) is 13.3. The van der Waals surface area contributed by atoms with Gasteiger partial charge in [0.05, 0.1) is 39.1 Å². The Kier molecular flexibility index (Phi) is 29.7. The lowest BCUT2D eigenvalue weighted by molar-refractivity contribution is -0.165. The highest BCUT2D eigenvalue weighted by molar-refractivity contribution is 5.69. The van der Waals surface area contributed by atoms with Crippen LogP contribution < -0.4 is 0 Å². The number of unbranched alkanes of at least 4 members (excludes halogenated alkanes) is 10. The molecule has 0 amide bonds. The number of benzene rings is 4. The highest BCUT2D eigenvalue weighted by atomic mass is 16.6. The third-order valence-corrected chi connectivity index (χ3v) is 12.2. The van der Waals surface area contributed by atoms with E-state index in [4.69, 9.17) is 33.2 Å². The number of hydrogen-bond donors (Lipinski definition) is 2. The van der Waals surface area contributed by atoms with Crippen LogP contribution in [0, 0.1) is 0 Å². The van der Waals surface area contributed by atoms with Crippen LogP contribution in [0.2, 0.25) is 0 Å². The van der Waals surface area contributed by atoms with Gasteiger partial charge in [0, 0.05) is 20.6 Å². The molecule has 7 atom stereocenters. The molecule has 4 aromatic rings. The maximum atomic E-state index is 13.3. The summed E-state index contributed by atoms with van der Waals surface area (Å²) < 4.78 is 44.4. The minimum absolute atomic E-state index is 0.0390. The molecule has 0 spiro atoms. The van der Waals surface area contributed by atoms with Gasteiger partial charge >= 0.3 is 5.97 Å². The van der Waals surface area contributed by atoms with Gasteiger partial charge in [-0.1, -0.05) is 211 Å². The van der Waals surface area contributed by atoms with Crippen molar-refractivity contribution in [3.05, 3.63) is 156 Å². The fourth-order valence-electron chi connectivity index (χ4n) is 8.18. The fourth-order valence-corrected chi connectivity index (χ4v) is 8.18. The van der Waals surface area contributed by atoms with Gasteiger partial charge in [0.1, 0.15) is 43.2 Å². The molecule has 68 heavy (non-hydrogen) atoms. The van der Waals surface area contributed by atoms with Crippen molar-refractivity contribution >= 4 is 5.97 Å². The van der Waals surface area contributed by atoms with Gasteiger partial charge in [0.2, 0.25) is 0 Å². The normalized spacial score (nSPS) is 14.8. The van der Waals surface area contributed by atoms with Crippen LogP contribution >= 0.6 is 0 Å². The lowest BCUT2D eigenvalue weighted by Gasteiger charge is -2.33. The number of aliphatic hydroxyl groups excluding tert-OH is 2. The predicted octanol–water partition coefficient (Wildman–Crippen LogP) is 11.7. The Hall–Kier alpha value is -4.23. The standard InChI is InChI=1S/C58H82O10/c1-4-5-6-25-36-51(60)37-26-11-9-7-8-10-12-27-38-56(61)66-46-55(65-43-48-30-19-14-20-31-48)58(68-45-50-34-23-16-24-35-50)53(63-3)40-39-52(62-2)57(67-44-49-32-21-15-22-33-49)54(41-59)64-42-47-28-17-13-18-29-47/h13-24,28-35,39-40,51-55,57-60H,4-12,25-27,36-38,41-46H2,1-3H3/b40-39+/t51-,52-,53-,54+,55+,57+,58+/m1/s1. The maximum absolute atomic E-state index is 13.3. The second kappa shape index (κ2) is 35.8. The molecule has 0 heterocycles. The Morgan fingerprint density at radius 3 is 1.28 bits per heavy atom. The molecule has 4 aromatic carbocycles. The minimum Gasteiger partial charge on any atom is -0.463 e. The minimum atomic E-state index is -0.735. The quantitative estimate of drug-likeness (QED) is 0.0254. The zero-order chi connectivity index (χ0) is 48.3. The van der Waals surface area contributed by atoms with Crippen molar-refractivity contribution in [1.82, 2.24) is 0 Å². The van der Waals surface area contributed by atoms with E-state index in [2.05, 4.69) is 6.92 Å². The summed E-state index contributed by atoms with van der Waals surface area (Å²) >= 11 is 0. The maximum Gasteiger partial charge on any atom is 0.305 e. The number of esters is 1. The Morgan fingerprint density at radius 1 is 0.500 bits per heavy atom. The van der Waals surface area contributed by atoms with Crippen molar-refractivity contribution in [3.63, 3.8) is 0 Å². The molecule has 0 radical (unpaired) electrons. The molecule has 0 aliphatic carbocycles. The zero-order valence-electron chi connectivity index (χ0n) is 41.3. The topological polar surface area (TPSA) is 122 Å². The van der Waals surface area contributed by atoms with E-state index in [-0.39, 0.29) is 51.7 Å². The first-order chi connectivity index (χ1) is 33.4. The van der Waals surface area contributed by atoms with Gasteiger partial charge in [-0.2, -0.15) is 0 Å². The lowest BCUT2D eigenvalue weighted by Crippen LogP contribution is -2.45. The molecular formula is C58H82O10. The Morgan fingerprint density at radius 2 is 0.868 bits per heavy atom. The van der Waals surface area contributed by atoms with E-state index in [9.17, 15) is 15.0 Å². The smallest absolute Gasteiger partial charge is 0.305 e. The van der Waals surface area contributed by atoms with Crippen LogP contribution in [0.5, 0.6) is 0 Å². The Bertz CT molecular complexity index is 1830. The first-order valence-electron chi connectivity index (χ1n) is 25.2. The van der Waals surface area contributed by atoms with Crippen LogP contribution in [0.4, 0.5) is 0 Å². The van der Waals surface area contributed by atoms with Crippen molar-refractivity contribution < 1.29 is 48.2 Å². The van der Waals surface area contributed by atoms with Crippen molar-refractivity contribution in [2.24, 2.45) is 0 Å². The molecule has 0 aliphatic rings. The average Bonchev–Trinajstić information content (AvgIpc) is 3.38. The van der Waals surface area contributed by atoms with Crippen LogP contribution in [0.25, 0.3) is 0 Å². The van der Waals surface area contributed by atoms with Crippen LogP contribution in [-0.2, 0) is 64.4 Å². The first kappa shape index (κ1) is 56.4. The van der Waals surface area contributed by atoms with Gasteiger partial charge in [-0.05, 0) is 41.5 Å². The SMILES string of the molecule is CCCCCC[C@@H](O)CCCCCCCCCCC(=O)OC[C@H](OCc1ccccc1)[C@@H](OCc1ccccc1)[C@@H](/C=C/[C@@H](OC)[C@H](OCc1ccccc1)[C@H](CO)OCc1ccccc1)OC. The van der Waals surface area contributed by atoms with Crippen molar-refractivity contribution in [3.8, 4) is 0 Å². The summed E-state index contributed by atoms with van der Waals surface area (Å²) in [6, 6.07) is 39.4. The number of carbonyl (C=O) groups excluding carboxylic acids is 1. The Balaban J connectivity index is 1.43. The van der Waals surface area contributed by atoms with Crippen LogP contribution in [-0.4, -0.2) is 86.3 Å². The lowest BCUT2D eigenvalue weighted by atomic mass is 10.0. The molecule has 4 rings (SSSR count). The highest BCUT2D eigenvalue weighted by Crippen LogP contribution is 2.23. The van der Waals surface area contributed by atoms with Crippen LogP contribution in [0.3, 0.4) is 0 Å². The van der Waals surface area contributed by atoms with Crippen LogP contribution in [0.15, 0.2) is 133 Å². The second-order valence-electron chi connectivity index (χ2n) is 17.7. The molecule has 0 saturated carbocycles. The van der Waals surface area contributed by atoms with E-state index in [1.165, 1.54) is 32.1 Å². The highest BCUT2D eigenvalue weighted by Gasteiger charge is 2.34. The summed E-state index contributed by atoms with van der Waals surface area (Å²) in [5, 5.41) is 21.0. The molecule has 0 unspecified atom stereocenters. The van der Waals surface area contributed by atoms with Crippen molar-refractivity contribution in [2.75, 3.05) is 27.4 Å². The molecule has 0 aliphatic heterocycles. The first-order valence-corrected chi connectivity index (χ1v) is 25.2. The monoisotopic (exact) mass is 939 g/mol. The fraction of sp³-hybridized carbons (Fsp3) is 0.534. The summed E-state index contributed by atoms with van der Waals surface area (Å²) in [7, 11) is 3.21. The largest absolute Gasteiger partial charge is 0.463 e. The summed E-state index contributed by atoms with van der Waals surface area (Å²) in [6.07, 6.45) is 14.8. The summed E-state index contributed by atoms with van der Waals surface area (Å²) in [6.45, 7) is 2.94. The molecule has 10 nitrogen and oxygen atoms in total. The number of carbonyl (C=O) groups is 1. The number of ether oxygens (including phenoxy) is 7. The molecule has 0 saturated heterocycles. The zero-order valence-corrected chi connectivity index (χ0v) is 41.3. The molecule has 10 heteroatoms. The molecule has 374 valence electrons. The average molecular weight is 939 g/mol.